The molecule has 0 saturated heterocycles. The summed E-state index contributed by atoms with van der Waals surface area (Å²) < 4.78 is 0. The summed E-state index contributed by atoms with van der Waals surface area (Å²) in [4.78, 5) is 17.6. The first-order valence-electron chi connectivity index (χ1n) is 9.27. The van der Waals surface area contributed by atoms with Gasteiger partial charge in [-0.1, -0.05) is 33.8 Å². The summed E-state index contributed by atoms with van der Waals surface area (Å²) >= 11 is 0. The van der Waals surface area contributed by atoms with Crippen molar-refractivity contribution in [3.8, 4) is 0 Å². The summed E-state index contributed by atoms with van der Waals surface area (Å²) in [6.07, 6.45) is 3.79. The SMILES string of the molecule is CCN(c1ccc2c(c1)C(C)(C)CCC2(C)C)c1ccc(C(=O)O)cn1. The fourth-order valence-corrected chi connectivity index (χ4v) is 3.89. The third-order valence-electron chi connectivity index (χ3n) is 5.74. The molecule has 1 heterocycles. The van der Waals surface area contributed by atoms with Gasteiger partial charge < -0.3 is 10.0 Å². The molecule has 138 valence electrons. The molecule has 0 spiro atoms. The third-order valence-corrected chi connectivity index (χ3v) is 5.74. The zero-order chi connectivity index (χ0) is 19.1. The summed E-state index contributed by atoms with van der Waals surface area (Å²) in [7, 11) is 0. The molecule has 0 aliphatic heterocycles. The maximum absolute atomic E-state index is 11.1. The van der Waals surface area contributed by atoms with Crippen molar-refractivity contribution in [3.63, 3.8) is 0 Å². The Morgan fingerprint density at radius 2 is 1.73 bits per heavy atom. The van der Waals surface area contributed by atoms with Gasteiger partial charge in [0.2, 0.25) is 0 Å². The molecule has 0 atom stereocenters. The highest BCUT2D eigenvalue weighted by atomic mass is 16.4. The van der Waals surface area contributed by atoms with Gasteiger partial charge in [-0.2, -0.15) is 0 Å². The number of carboxylic acid groups (broad SMARTS) is 1. The topological polar surface area (TPSA) is 53.4 Å². The quantitative estimate of drug-likeness (QED) is 0.812. The van der Waals surface area contributed by atoms with E-state index >= 15 is 0 Å². The minimum atomic E-state index is -0.954. The number of aromatic carboxylic acids is 1. The number of nitrogens with zero attached hydrogens (tertiary/aromatic N) is 2. The van der Waals surface area contributed by atoms with Gasteiger partial charge in [0, 0.05) is 18.4 Å². The lowest BCUT2D eigenvalue weighted by Gasteiger charge is -2.42. The molecule has 0 fully saturated rings. The normalized spacial score (nSPS) is 17.4. The Balaban J connectivity index is 2.04. The molecule has 26 heavy (non-hydrogen) atoms. The molecule has 1 N–H and O–H groups in total. The molecule has 4 nitrogen and oxygen atoms in total. The van der Waals surface area contributed by atoms with E-state index in [0.29, 0.717) is 0 Å². The first kappa shape index (κ1) is 18.4. The average Bonchev–Trinajstić information content (AvgIpc) is 2.60. The second kappa shape index (κ2) is 6.42. The van der Waals surface area contributed by atoms with E-state index in [0.717, 1.165) is 18.1 Å². The second-order valence-corrected chi connectivity index (χ2v) is 8.45. The monoisotopic (exact) mass is 352 g/mol. The van der Waals surface area contributed by atoms with Crippen LogP contribution in [0.4, 0.5) is 11.5 Å². The van der Waals surface area contributed by atoms with Crippen LogP contribution in [0, 0.1) is 0 Å². The first-order chi connectivity index (χ1) is 12.2. The van der Waals surface area contributed by atoms with Gasteiger partial charge in [-0.25, -0.2) is 9.78 Å². The molecule has 0 amide bonds. The zero-order valence-corrected chi connectivity index (χ0v) is 16.3. The van der Waals surface area contributed by atoms with Gasteiger partial charge in [-0.3, -0.25) is 0 Å². The lowest BCUT2D eigenvalue weighted by molar-refractivity contribution is 0.0696. The van der Waals surface area contributed by atoms with Crippen molar-refractivity contribution in [2.75, 3.05) is 11.4 Å². The molecular formula is C22H28N2O2. The van der Waals surface area contributed by atoms with Crippen molar-refractivity contribution in [3.05, 3.63) is 53.2 Å². The second-order valence-electron chi connectivity index (χ2n) is 8.45. The van der Waals surface area contributed by atoms with Crippen molar-refractivity contribution >= 4 is 17.5 Å². The summed E-state index contributed by atoms with van der Waals surface area (Å²) in [6, 6.07) is 10.1. The molecular weight excluding hydrogens is 324 g/mol. The van der Waals surface area contributed by atoms with Gasteiger partial charge in [0.25, 0.3) is 0 Å². The van der Waals surface area contributed by atoms with Gasteiger partial charge in [0.1, 0.15) is 5.82 Å². The van der Waals surface area contributed by atoms with Crippen molar-refractivity contribution in [2.45, 2.75) is 58.3 Å². The van der Waals surface area contributed by atoms with E-state index in [-0.39, 0.29) is 16.4 Å². The van der Waals surface area contributed by atoms with Crippen LogP contribution in [-0.2, 0) is 10.8 Å². The van der Waals surface area contributed by atoms with Gasteiger partial charge in [0.05, 0.1) is 5.56 Å². The lowest BCUT2D eigenvalue weighted by Crippen LogP contribution is -2.34. The highest BCUT2D eigenvalue weighted by Crippen LogP contribution is 2.47. The van der Waals surface area contributed by atoms with E-state index in [4.69, 9.17) is 5.11 Å². The lowest BCUT2D eigenvalue weighted by atomic mass is 9.63. The number of aromatic nitrogens is 1. The fourth-order valence-electron chi connectivity index (χ4n) is 3.89. The van der Waals surface area contributed by atoms with Gasteiger partial charge in [-0.05, 0) is 66.0 Å². The molecule has 0 radical (unpaired) electrons. The molecule has 4 heteroatoms. The van der Waals surface area contributed by atoms with Gasteiger partial charge >= 0.3 is 5.97 Å². The van der Waals surface area contributed by atoms with Crippen LogP contribution >= 0.6 is 0 Å². The Morgan fingerprint density at radius 3 is 2.27 bits per heavy atom. The van der Waals surface area contributed by atoms with Crippen LogP contribution < -0.4 is 4.90 Å². The minimum Gasteiger partial charge on any atom is -0.478 e. The van der Waals surface area contributed by atoms with Crippen molar-refractivity contribution in [1.29, 1.82) is 0 Å². The van der Waals surface area contributed by atoms with Gasteiger partial charge in [-0.15, -0.1) is 0 Å². The van der Waals surface area contributed by atoms with Crippen LogP contribution in [0.2, 0.25) is 0 Å². The number of carboxylic acids is 1. The highest BCUT2D eigenvalue weighted by molar-refractivity contribution is 5.87. The van der Waals surface area contributed by atoms with Crippen LogP contribution in [0.3, 0.4) is 0 Å². The van der Waals surface area contributed by atoms with E-state index in [9.17, 15) is 4.79 Å². The zero-order valence-electron chi connectivity index (χ0n) is 16.3. The Kier molecular flexibility index (Phi) is 4.55. The molecule has 1 aliphatic rings. The number of hydrogen-bond donors (Lipinski definition) is 1. The maximum atomic E-state index is 11.1. The minimum absolute atomic E-state index is 0.154. The average molecular weight is 352 g/mol. The van der Waals surface area contributed by atoms with E-state index in [1.54, 1.807) is 12.1 Å². The molecule has 1 aromatic heterocycles. The number of fused-ring (bicyclic) bond motifs is 1. The van der Waals surface area contributed by atoms with Crippen LogP contribution in [0.5, 0.6) is 0 Å². The van der Waals surface area contributed by atoms with Crippen LogP contribution in [-0.4, -0.2) is 22.6 Å². The standard InChI is InChI=1S/C22H28N2O2/c1-6-24(19-10-7-15(14-23-19)20(25)26)16-8-9-17-18(13-16)22(4,5)12-11-21(17,2)3/h7-10,13-14H,6,11-12H2,1-5H3,(H,25,26). The van der Waals surface area contributed by atoms with Crippen molar-refractivity contribution in [2.24, 2.45) is 0 Å². The molecule has 1 aliphatic carbocycles. The summed E-state index contributed by atoms with van der Waals surface area (Å²) in [6.45, 7) is 12.1. The molecule has 0 unspecified atom stereocenters. The van der Waals surface area contributed by atoms with E-state index in [1.165, 1.54) is 30.2 Å². The third kappa shape index (κ3) is 3.20. The van der Waals surface area contributed by atoms with Crippen LogP contribution in [0.1, 0.15) is 68.9 Å². The molecule has 0 saturated carbocycles. The number of rotatable bonds is 4. The predicted octanol–water partition coefficient (Wildman–Crippen LogP) is 5.29. The van der Waals surface area contributed by atoms with E-state index in [1.807, 2.05) is 0 Å². The van der Waals surface area contributed by atoms with Gasteiger partial charge in [0.15, 0.2) is 0 Å². The van der Waals surface area contributed by atoms with E-state index in [2.05, 4.69) is 62.7 Å². The molecule has 2 aromatic rings. The molecule has 3 rings (SSSR count). The Labute approximate surface area is 155 Å². The summed E-state index contributed by atoms with van der Waals surface area (Å²) in [5, 5.41) is 9.07. The number of anilines is 2. The van der Waals surface area contributed by atoms with E-state index < -0.39 is 5.97 Å². The van der Waals surface area contributed by atoms with Crippen molar-refractivity contribution in [1.82, 2.24) is 4.98 Å². The Morgan fingerprint density at radius 1 is 1.08 bits per heavy atom. The largest absolute Gasteiger partial charge is 0.478 e. The number of carbonyl (C=O) groups is 1. The summed E-state index contributed by atoms with van der Waals surface area (Å²) in [5.41, 5.74) is 4.50. The summed E-state index contributed by atoms with van der Waals surface area (Å²) in [5.74, 6) is -0.185. The number of benzene rings is 1. The smallest absolute Gasteiger partial charge is 0.337 e. The first-order valence-corrected chi connectivity index (χ1v) is 9.27. The van der Waals surface area contributed by atoms with Crippen molar-refractivity contribution < 1.29 is 9.90 Å². The van der Waals surface area contributed by atoms with Crippen LogP contribution in [0.25, 0.3) is 0 Å². The number of hydrogen-bond acceptors (Lipinski definition) is 3. The highest BCUT2D eigenvalue weighted by Gasteiger charge is 2.37. The van der Waals surface area contributed by atoms with Crippen LogP contribution in [0.15, 0.2) is 36.5 Å². The predicted molar refractivity (Wildman–Crippen MR) is 106 cm³/mol. The Hall–Kier alpha value is -2.36. The number of pyridine rings is 1. The molecule has 1 aromatic carbocycles. The fraction of sp³-hybridized carbons (Fsp3) is 0.455. The Bertz CT molecular complexity index is 823. The molecule has 0 bridgehead atoms. The maximum Gasteiger partial charge on any atom is 0.337 e.